The molecule has 2 saturated carbocycles. The summed E-state index contributed by atoms with van der Waals surface area (Å²) in [5, 5.41) is 13.3. The number of hydrogen-bond acceptors (Lipinski definition) is 2. The molecule has 17 heavy (non-hydrogen) atoms. The van der Waals surface area contributed by atoms with Crippen LogP contribution in [0.25, 0.3) is 0 Å². The van der Waals surface area contributed by atoms with Gasteiger partial charge < -0.3 is 10.4 Å². The van der Waals surface area contributed by atoms with Crippen LogP contribution < -0.4 is 5.32 Å². The molecule has 0 aliphatic heterocycles. The lowest BCUT2D eigenvalue weighted by atomic mass is 9.80. The lowest BCUT2D eigenvalue weighted by Crippen LogP contribution is -2.45. The number of rotatable bonds is 5. The smallest absolute Gasteiger partial charge is 0.0771 e. The molecule has 2 aliphatic carbocycles. The van der Waals surface area contributed by atoms with Gasteiger partial charge >= 0.3 is 0 Å². The fourth-order valence-electron chi connectivity index (χ4n) is 2.53. The Hall–Kier alpha value is -0.860. The molecule has 2 aliphatic rings. The van der Waals surface area contributed by atoms with Gasteiger partial charge in [0.05, 0.1) is 5.60 Å². The van der Waals surface area contributed by atoms with E-state index in [-0.39, 0.29) is 0 Å². The van der Waals surface area contributed by atoms with Crippen LogP contribution >= 0.6 is 0 Å². The van der Waals surface area contributed by atoms with Gasteiger partial charge in [0.25, 0.3) is 0 Å². The van der Waals surface area contributed by atoms with Gasteiger partial charge in [0.2, 0.25) is 0 Å². The molecule has 0 bridgehead atoms. The zero-order chi connectivity index (χ0) is 11.7. The minimum absolute atomic E-state index is 0.409. The van der Waals surface area contributed by atoms with Crippen molar-refractivity contribution in [1.82, 2.24) is 5.32 Å². The van der Waals surface area contributed by atoms with Gasteiger partial charge in [0.15, 0.2) is 0 Å². The first-order chi connectivity index (χ1) is 8.25. The molecule has 0 spiro atoms. The summed E-state index contributed by atoms with van der Waals surface area (Å²) >= 11 is 0. The molecule has 0 radical (unpaired) electrons. The maximum Gasteiger partial charge on any atom is 0.0771 e. The highest BCUT2D eigenvalue weighted by atomic mass is 16.3. The van der Waals surface area contributed by atoms with Gasteiger partial charge in [-0.05, 0) is 49.1 Å². The lowest BCUT2D eigenvalue weighted by molar-refractivity contribution is -0.0314. The van der Waals surface area contributed by atoms with Crippen molar-refractivity contribution in [3.05, 3.63) is 35.4 Å². The van der Waals surface area contributed by atoms with Crippen molar-refractivity contribution in [1.29, 1.82) is 0 Å². The van der Waals surface area contributed by atoms with Gasteiger partial charge in [0.1, 0.15) is 0 Å². The monoisotopic (exact) mass is 231 g/mol. The van der Waals surface area contributed by atoms with E-state index in [1.54, 1.807) is 0 Å². The predicted molar refractivity (Wildman–Crippen MR) is 68.9 cm³/mol. The summed E-state index contributed by atoms with van der Waals surface area (Å²) in [7, 11) is 0. The Bertz CT molecular complexity index is 376. The maximum atomic E-state index is 9.95. The molecule has 2 nitrogen and oxygen atoms in total. The van der Waals surface area contributed by atoms with E-state index in [9.17, 15) is 5.11 Å². The molecule has 0 atom stereocenters. The number of hydrogen-bond donors (Lipinski definition) is 2. The van der Waals surface area contributed by atoms with E-state index in [4.69, 9.17) is 0 Å². The number of benzene rings is 1. The zero-order valence-electron chi connectivity index (χ0n) is 10.3. The van der Waals surface area contributed by atoms with E-state index in [1.165, 1.54) is 30.4 Å². The van der Waals surface area contributed by atoms with Crippen LogP contribution in [0.2, 0.25) is 0 Å². The quantitative estimate of drug-likeness (QED) is 0.816. The molecule has 0 heterocycles. The number of nitrogens with one attached hydrogen (secondary N) is 1. The van der Waals surface area contributed by atoms with E-state index < -0.39 is 5.60 Å². The molecule has 2 heteroatoms. The average molecular weight is 231 g/mol. The van der Waals surface area contributed by atoms with Crippen LogP contribution in [0.3, 0.4) is 0 Å². The highest BCUT2D eigenvalue weighted by Gasteiger charge is 2.33. The van der Waals surface area contributed by atoms with Gasteiger partial charge in [-0.1, -0.05) is 24.3 Å². The summed E-state index contributed by atoms with van der Waals surface area (Å²) in [6.45, 7) is 1.60. The molecule has 3 rings (SSSR count). The minimum atomic E-state index is -0.409. The Balaban J connectivity index is 1.47. The van der Waals surface area contributed by atoms with Crippen LogP contribution in [-0.2, 0) is 6.54 Å². The first-order valence-corrected chi connectivity index (χ1v) is 6.77. The van der Waals surface area contributed by atoms with Gasteiger partial charge in [-0.2, -0.15) is 0 Å². The average Bonchev–Trinajstić information content (AvgIpc) is 3.12. The fourth-order valence-corrected chi connectivity index (χ4v) is 2.53. The molecule has 1 aromatic carbocycles. The third-order valence-electron chi connectivity index (χ3n) is 4.10. The zero-order valence-corrected chi connectivity index (χ0v) is 10.3. The van der Waals surface area contributed by atoms with Crippen LogP contribution in [0.4, 0.5) is 0 Å². The highest BCUT2D eigenvalue weighted by molar-refractivity contribution is 5.27. The first-order valence-electron chi connectivity index (χ1n) is 6.77. The molecule has 0 amide bonds. The van der Waals surface area contributed by atoms with Crippen LogP contribution in [0, 0.1) is 0 Å². The predicted octanol–water partition coefficient (Wildman–Crippen LogP) is 2.57. The second-order valence-corrected chi connectivity index (χ2v) is 5.70. The third-order valence-corrected chi connectivity index (χ3v) is 4.10. The minimum Gasteiger partial charge on any atom is -0.389 e. The summed E-state index contributed by atoms with van der Waals surface area (Å²) in [6.07, 6.45) is 5.82. The van der Waals surface area contributed by atoms with Crippen LogP contribution in [0.15, 0.2) is 24.3 Å². The molecule has 92 valence electrons. The molecule has 1 aromatic rings. The molecule has 0 saturated heterocycles. The van der Waals surface area contributed by atoms with Crippen molar-refractivity contribution in [2.45, 2.75) is 50.2 Å². The van der Waals surface area contributed by atoms with E-state index in [0.29, 0.717) is 0 Å². The molecule has 0 unspecified atom stereocenters. The second kappa shape index (κ2) is 4.43. The molecule has 2 fully saturated rings. The molecular weight excluding hydrogens is 210 g/mol. The van der Waals surface area contributed by atoms with Crippen molar-refractivity contribution in [2.75, 3.05) is 6.54 Å². The molecule has 2 N–H and O–H groups in total. The van der Waals surface area contributed by atoms with Gasteiger partial charge in [0, 0.05) is 13.1 Å². The van der Waals surface area contributed by atoms with Crippen LogP contribution in [-0.4, -0.2) is 17.3 Å². The van der Waals surface area contributed by atoms with E-state index >= 15 is 0 Å². The lowest BCUT2D eigenvalue weighted by Gasteiger charge is -2.36. The summed E-state index contributed by atoms with van der Waals surface area (Å²) < 4.78 is 0. The maximum absolute atomic E-state index is 9.95. The summed E-state index contributed by atoms with van der Waals surface area (Å²) in [5.74, 6) is 0.840. The third kappa shape index (κ3) is 2.70. The fraction of sp³-hybridized carbons (Fsp3) is 0.600. The highest BCUT2D eigenvalue weighted by Crippen LogP contribution is 2.39. The van der Waals surface area contributed by atoms with Crippen molar-refractivity contribution in [3.8, 4) is 0 Å². The van der Waals surface area contributed by atoms with Crippen molar-refractivity contribution in [2.24, 2.45) is 0 Å². The largest absolute Gasteiger partial charge is 0.389 e. The number of aliphatic hydroxyl groups is 1. The Kier molecular flexibility index (Phi) is 2.93. The second-order valence-electron chi connectivity index (χ2n) is 5.70. The van der Waals surface area contributed by atoms with Crippen LogP contribution in [0.5, 0.6) is 0 Å². The Morgan fingerprint density at radius 3 is 2.41 bits per heavy atom. The van der Waals surface area contributed by atoms with E-state index in [0.717, 1.165) is 31.8 Å². The topological polar surface area (TPSA) is 32.3 Å². The Morgan fingerprint density at radius 1 is 1.18 bits per heavy atom. The van der Waals surface area contributed by atoms with Crippen molar-refractivity contribution in [3.63, 3.8) is 0 Å². The first kappa shape index (κ1) is 11.2. The van der Waals surface area contributed by atoms with Crippen LogP contribution in [0.1, 0.15) is 49.1 Å². The standard InChI is InChI=1S/C15H21NO/c17-15(8-1-9-15)11-16-10-12-2-4-13(5-3-12)14-6-7-14/h2-5,14,16-17H,1,6-11H2. The Labute approximate surface area is 103 Å². The molecule has 0 aromatic heterocycles. The van der Waals surface area contributed by atoms with Gasteiger partial charge in [-0.25, -0.2) is 0 Å². The van der Waals surface area contributed by atoms with E-state index in [1.807, 2.05) is 0 Å². The van der Waals surface area contributed by atoms with E-state index in [2.05, 4.69) is 29.6 Å². The van der Waals surface area contributed by atoms with Gasteiger partial charge in [-0.15, -0.1) is 0 Å². The normalized spacial score (nSPS) is 22.2. The summed E-state index contributed by atoms with van der Waals surface area (Å²) in [4.78, 5) is 0. The SMILES string of the molecule is OC1(CNCc2ccc(C3CC3)cc2)CCC1. The molecular formula is C15H21NO. The van der Waals surface area contributed by atoms with Gasteiger partial charge in [-0.3, -0.25) is 0 Å². The Morgan fingerprint density at radius 2 is 1.88 bits per heavy atom. The van der Waals surface area contributed by atoms with Crippen molar-refractivity contribution < 1.29 is 5.11 Å². The van der Waals surface area contributed by atoms with Crippen molar-refractivity contribution >= 4 is 0 Å². The summed E-state index contributed by atoms with van der Waals surface area (Å²) in [5.41, 5.74) is 2.40. The summed E-state index contributed by atoms with van der Waals surface area (Å²) in [6, 6.07) is 8.94.